The molecule has 0 spiro atoms. The minimum absolute atomic E-state index is 0.0920. The number of carbonyl (C=O) groups is 3. The number of nitrogens with two attached hydrogens (primary N) is 1. The Bertz CT molecular complexity index is 1790. The van der Waals surface area contributed by atoms with Crippen molar-refractivity contribution < 1.29 is 24.0 Å². The van der Waals surface area contributed by atoms with E-state index in [1.165, 1.54) is 23.8 Å². The minimum Gasteiger partial charge on any atom is -0.448 e. The number of aromatic nitrogens is 3. The number of nitrogen functional groups attached to an aromatic ring is 1. The predicted molar refractivity (Wildman–Crippen MR) is 174 cm³/mol. The fraction of sp³-hybridized carbons (Fsp3) is 0.156. The maximum Gasteiger partial charge on any atom is 0.356 e. The second-order valence-corrected chi connectivity index (χ2v) is 12.0. The van der Waals surface area contributed by atoms with Crippen LogP contribution in [0.1, 0.15) is 28.6 Å². The van der Waals surface area contributed by atoms with Crippen molar-refractivity contribution >= 4 is 57.8 Å². The number of hydrogen-bond donors (Lipinski definition) is 2. The number of thiazole rings is 1. The summed E-state index contributed by atoms with van der Waals surface area (Å²) in [5, 5.41) is 15.8. The number of ether oxygens (including phenoxy) is 1. The molecule has 12 nitrogen and oxygen atoms in total. The zero-order valence-corrected chi connectivity index (χ0v) is 26.0. The molecule has 14 heteroatoms. The summed E-state index contributed by atoms with van der Waals surface area (Å²) in [7, 11) is 1.30. The Morgan fingerprint density at radius 3 is 2.39 bits per heavy atom. The molecule has 2 aliphatic rings. The quantitative estimate of drug-likeness (QED) is 0.112. The molecule has 232 valence electrons. The van der Waals surface area contributed by atoms with Crippen LogP contribution in [0.4, 0.5) is 5.13 Å². The lowest BCUT2D eigenvalue weighted by molar-refractivity contribution is -0.154. The first-order valence-corrected chi connectivity index (χ1v) is 16.0. The highest BCUT2D eigenvalue weighted by Crippen LogP contribution is 2.42. The number of thioether (sulfide) groups is 1. The van der Waals surface area contributed by atoms with Crippen LogP contribution < -0.4 is 11.1 Å². The van der Waals surface area contributed by atoms with E-state index in [1.807, 2.05) is 60.7 Å². The number of amides is 2. The molecule has 3 N–H and O–H groups in total. The van der Waals surface area contributed by atoms with Gasteiger partial charge in [0.25, 0.3) is 11.8 Å². The zero-order chi connectivity index (χ0) is 32.0. The molecule has 0 saturated carbocycles. The third kappa shape index (κ3) is 6.39. The number of anilines is 1. The summed E-state index contributed by atoms with van der Waals surface area (Å²) in [4.78, 5) is 51.4. The van der Waals surface area contributed by atoms with Gasteiger partial charge in [0.05, 0.1) is 5.69 Å². The number of rotatable bonds is 10. The molecule has 0 bridgehead atoms. The SMILES string of the molecule is CON=C(C(=O)NC1C(=O)N2C(C(=O)OC(c3ccccc3)c3ccccc3)=C(C=Cc3cccnn3)CS[C@H]12)c1csc(N)n1. The molecule has 1 fully saturated rings. The number of oxime groups is 1. The maximum absolute atomic E-state index is 14.1. The smallest absolute Gasteiger partial charge is 0.356 e. The van der Waals surface area contributed by atoms with Gasteiger partial charge in [0.15, 0.2) is 16.9 Å². The fourth-order valence-corrected chi connectivity index (χ4v) is 6.86. The van der Waals surface area contributed by atoms with Crippen molar-refractivity contribution in [2.75, 3.05) is 18.6 Å². The Labute approximate surface area is 272 Å². The summed E-state index contributed by atoms with van der Waals surface area (Å²) < 4.78 is 6.19. The van der Waals surface area contributed by atoms with Crippen molar-refractivity contribution in [2.24, 2.45) is 5.16 Å². The largest absolute Gasteiger partial charge is 0.448 e. The monoisotopic (exact) mass is 653 g/mol. The molecule has 2 amide bonds. The van der Waals surface area contributed by atoms with Crippen LogP contribution >= 0.6 is 23.1 Å². The molecule has 46 heavy (non-hydrogen) atoms. The normalized spacial score (nSPS) is 17.9. The van der Waals surface area contributed by atoms with E-state index in [9.17, 15) is 14.4 Å². The van der Waals surface area contributed by atoms with Gasteiger partial charge in [-0.15, -0.1) is 23.1 Å². The van der Waals surface area contributed by atoms with Crippen LogP contribution in [0.3, 0.4) is 0 Å². The van der Waals surface area contributed by atoms with E-state index in [4.69, 9.17) is 15.3 Å². The number of fused-ring (bicyclic) bond motifs is 1. The molecule has 2 atom stereocenters. The lowest BCUT2D eigenvalue weighted by Gasteiger charge is -2.49. The first kappa shape index (κ1) is 30.7. The van der Waals surface area contributed by atoms with Gasteiger partial charge in [-0.2, -0.15) is 10.2 Å². The van der Waals surface area contributed by atoms with E-state index >= 15 is 0 Å². The molecule has 6 rings (SSSR count). The molecule has 4 heterocycles. The van der Waals surface area contributed by atoms with Crippen LogP contribution in [-0.2, 0) is 24.0 Å². The lowest BCUT2D eigenvalue weighted by atomic mass is 10.00. The highest BCUT2D eigenvalue weighted by molar-refractivity contribution is 8.00. The van der Waals surface area contributed by atoms with E-state index in [2.05, 4.69) is 25.7 Å². The Morgan fingerprint density at radius 2 is 1.78 bits per heavy atom. The third-order valence-corrected chi connectivity index (χ3v) is 9.09. The van der Waals surface area contributed by atoms with Crippen molar-refractivity contribution in [3.05, 3.63) is 124 Å². The van der Waals surface area contributed by atoms with E-state index in [1.54, 1.807) is 35.9 Å². The molecule has 4 aromatic rings. The Balaban J connectivity index is 1.31. The number of nitrogens with one attached hydrogen (secondary N) is 1. The van der Waals surface area contributed by atoms with E-state index < -0.39 is 35.3 Å². The number of carbonyl (C=O) groups excluding carboxylic acids is 3. The lowest BCUT2D eigenvalue weighted by Crippen LogP contribution is -2.71. The minimum atomic E-state index is -0.942. The number of allylic oxidation sites excluding steroid dienone is 1. The van der Waals surface area contributed by atoms with Crippen LogP contribution in [0.5, 0.6) is 0 Å². The maximum atomic E-state index is 14.1. The predicted octanol–water partition coefficient (Wildman–Crippen LogP) is 3.57. The topological polar surface area (TPSA) is 162 Å². The number of nitrogens with zero attached hydrogens (tertiary/aromatic N) is 5. The fourth-order valence-electron chi connectivity index (χ4n) is 5.00. The first-order chi connectivity index (χ1) is 22.4. The summed E-state index contributed by atoms with van der Waals surface area (Å²) in [5.41, 5.74) is 8.61. The molecule has 2 aliphatic heterocycles. The van der Waals surface area contributed by atoms with E-state index in [-0.39, 0.29) is 22.2 Å². The van der Waals surface area contributed by atoms with Crippen LogP contribution in [0.25, 0.3) is 6.08 Å². The molecule has 1 saturated heterocycles. The van der Waals surface area contributed by atoms with Gasteiger partial charge >= 0.3 is 5.97 Å². The van der Waals surface area contributed by atoms with E-state index in [0.29, 0.717) is 17.0 Å². The van der Waals surface area contributed by atoms with Gasteiger partial charge in [0.2, 0.25) is 0 Å². The van der Waals surface area contributed by atoms with Crippen molar-refractivity contribution in [3.63, 3.8) is 0 Å². The Morgan fingerprint density at radius 1 is 1.07 bits per heavy atom. The third-order valence-electron chi connectivity index (χ3n) is 7.12. The molecular weight excluding hydrogens is 627 g/mol. The first-order valence-electron chi connectivity index (χ1n) is 14.0. The Hall–Kier alpha value is -5.34. The Kier molecular flexibility index (Phi) is 9.17. The summed E-state index contributed by atoms with van der Waals surface area (Å²) in [6.45, 7) is 0. The van der Waals surface area contributed by atoms with Gasteiger partial charge in [-0.1, -0.05) is 71.9 Å². The molecular formula is C32H27N7O5S2. The van der Waals surface area contributed by atoms with Crippen LogP contribution in [0, 0.1) is 0 Å². The summed E-state index contributed by atoms with van der Waals surface area (Å²) in [6.07, 6.45) is 4.29. The van der Waals surface area contributed by atoms with Gasteiger partial charge < -0.3 is 20.6 Å². The number of hydrogen-bond acceptors (Lipinski definition) is 12. The molecule has 0 aliphatic carbocycles. The number of esters is 1. The van der Waals surface area contributed by atoms with Gasteiger partial charge in [0, 0.05) is 17.3 Å². The van der Waals surface area contributed by atoms with Crippen molar-refractivity contribution in [3.8, 4) is 0 Å². The van der Waals surface area contributed by atoms with Gasteiger partial charge in [-0.25, -0.2) is 9.78 Å². The highest BCUT2D eigenvalue weighted by Gasteiger charge is 2.54. The molecule has 2 aromatic carbocycles. The van der Waals surface area contributed by atoms with Crippen molar-refractivity contribution in [2.45, 2.75) is 17.5 Å². The van der Waals surface area contributed by atoms with Crippen molar-refractivity contribution in [1.82, 2.24) is 25.4 Å². The second kappa shape index (κ2) is 13.7. The van der Waals surface area contributed by atoms with Gasteiger partial charge in [0.1, 0.15) is 29.9 Å². The van der Waals surface area contributed by atoms with Crippen LogP contribution in [-0.4, -0.2) is 67.9 Å². The molecule has 0 radical (unpaired) electrons. The highest BCUT2D eigenvalue weighted by atomic mass is 32.2. The number of benzene rings is 2. The van der Waals surface area contributed by atoms with Gasteiger partial charge in [-0.3, -0.25) is 14.5 Å². The summed E-state index contributed by atoms with van der Waals surface area (Å²) in [6, 6.07) is 21.3. The van der Waals surface area contributed by atoms with Crippen molar-refractivity contribution in [1.29, 1.82) is 0 Å². The summed E-state index contributed by atoms with van der Waals surface area (Å²) in [5.74, 6) is -1.47. The van der Waals surface area contributed by atoms with E-state index in [0.717, 1.165) is 22.5 Å². The summed E-state index contributed by atoms with van der Waals surface area (Å²) >= 11 is 2.54. The average Bonchev–Trinajstić information content (AvgIpc) is 3.53. The van der Waals surface area contributed by atoms with Crippen LogP contribution in [0.15, 0.2) is 107 Å². The second-order valence-electron chi connectivity index (χ2n) is 10.0. The standard InChI is InChI=1S/C32H27N7O5S2/c1-43-38-24(23-18-46-32(33)35-23)28(40)36-25-29(41)39-26(21(17-45-30(25)39)14-15-22-13-8-16-34-37-22)31(42)44-27(19-9-4-2-5-10-19)20-11-6-3-7-12-20/h2-16,18,25,27,30H,17H2,1H3,(H2,33,35)(H,36,40)/t25?,30-/m1/s1. The molecule has 2 aromatic heterocycles. The number of β-lactam (4-membered cyclic amide) rings is 1. The van der Waals surface area contributed by atoms with Crippen LogP contribution in [0.2, 0.25) is 0 Å². The van der Waals surface area contributed by atoms with Gasteiger partial charge in [-0.05, 0) is 34.9 Å². The molecule has 1 unspecified atom stereocenters. The zero-order valence-electron chi connectivity index (χ0n) is 24.3. The average molecular weight is 654 g/mol.